The summed E-state index contributed by atoms with van der Waals surface area (Å²) in [5.74, 6) is -1.97. The van der Waals surface area contributed by atoms with Crippen LogP contribution in [0.2, 0.25) is 0 Å². The molecular formula is C32H48N2O7S2. The van der Waals surface area contributed by atoms with Gasteiger partial charge in [-0.2, -0.15) is 0 Å². The van der Waals surface area contributed by atoms with Gasteiger partial charge in [-0.15, -0.1) is 0 Å². The molecule has 0 radical (unpaired) electrons. The van der Waals surface area contributed by atoms with Crippen molar-refractivity contribution in [2.45, 2.75) is 83.5 Å². The Kier molecular flexibility index (Phi) is 9.39. The van der Waals surface area contributed by atoms with Crippen LogP contribution in [0.3, 0.4) is 0 Å². The maximum atomic E-state index is 14.4. The maximum Gasteiger partial charge on any atom is 0.314 e. The zero-order chi connectivity index (χ0) is 31.2. The summed E-state index contributed by atoms with van der Waals surface area (Å²) in [6, 6.07) is 0. The topological polar surface area (TPSA) is 110 Å². The Hall–Kier alpha value is -1.95. The fourth-order valence-corrected chi connectivity index (χ4v) is 11.2. The number of esters is 1. The maximum absolute atomic E-state index is 14.4. The number of allylic oxidation sites excluding steroid dienone is 5. The third-order valence-electron chi connectivity index (χ3n) is 10.0. The summed E-state index contributed by atoms with van der Waals surface area (Å²) >= 11 is 0. The van der Waals surface area contributed by atoms with Crippen LogP contribution >= 0.6 is 0 Å². The van der Waals surface area contributed by atoms with Crippen LogP contribution in [0, 0.1) is 23.7 Å². The van der Waals surface area contributed by atoms with E-state index in [9.17, 15) is 21.6 Å². The predicted octanol–water partition coefficient (Wildman–Crippen LogP) is 4.55. The molecule has 11 heteroatoms. The van der Waals surface area contributed by atoms with Crippen LogP contribution in [-0.2, 0) is 34.3 Å². The molecule has 0 amide bonds. The van der Waals surface area contributed by atoms with Crippen LogP contribution in [0.5, 0.6) is 0 Å². The number of carbonyl (C=O) groups excluding carboxylic acids is 1. The van der Waals surface area contributed by atoms with Crippen molar-refractivity contribution in [1.82, 2.24) is 8.61 Å². The summed E-state index contributed by atoms with van der Waals surface area (Å²) in [4.78, 5) is 13.8. The Bertz CT molecular complexity index is 1430. The molecule has 5 aliphatic rings. The number of piperidine rings is 2. The molecule has 2 saturated heterocycles. The number of nitrogens with zero attached hydrogens (tertiary/aromatic N) is 2. The summed E-state index contributed by atoms with van der Waals surface area (Å²) in [5.41, 5.74) is 1.64. The van der Waals surface area contributed by atoms with Crippen molar-refractivity contribution in [2.24, 2.45) is 23.7 Å². The Labute approximate surface area is 258 Å². The fraction of sp³-hybridized carbons (Fsp3) is 0.719. The first-order valence-corrected chi connectivity index (χ1v) is 19.0. The third-order valence-corrected chi connectivity index (χ3v) is 14.1. The molecule has 240 valence electrons. The van der Waals surface area contributed by atoms with E-state index in [1.54, 1.807) is 10.4 Å². The van der Waals surface area contributed by atoms with Crippen molar-refractivity contribution >= 4 is 26.0 Å². The number of methoxy groups -OCH3 is 1. The molecule has 3 unspecified atom stereocenters. The van der Waals surface area contributed by atoms with E-state index in [2.05, 4.69) is 26.0 Å². The van der Waals surface area contributed by atoms with Crippen molar-refractivity contribution in [2.75, 3.05) is 39.0 Å². The van der Waals surface area contributed by atoms with E-state index in [0.717, 1.165) is 49.7 Å². The molecule has 5 atom stereocenters. The number of hydrogen-bond acceptors (Lipinski definition) is 7. The van der Waals surface area contributed by atoms with Crippen molar-refractivity contribution < 1.29 is 31.1 Å². The summed E-state index contributed by atoms with van der Waals surface area (Å²) in [6.45, 7) is 9.99. The van der Waals surface area contributed by atoms with Crippen molar-refractivity contribution in [3.8, 4) is 0 Å². The van der Waals surface area contributed by atoms with Gasteiger partial charge in [0.2, 0.25) is 20.0 Å². The SMILES string of the molecule is COC(=O)[C@H]1C2=C(CCS(=O)(=O)N3CCCCC3)OC3(C)C=CC(C(C)C)=CC(C(C)=C[C@@H]1S(=O)(=O)N1CCCCC1)C23. The Balaban J connectivity index is 1.67. The molecule has 0 N–H and O–H groups in total. The molecule has 0 saturated carbocycles. The van der Waals surface area contributed by atoms with Crippen LogP contribution in [0.25, 0.3) is 0 Å². The molecule has 5 rings (SSSR count). The molecule has 2 aliphatic carbocycles. The van der Waals surface area contributed by atoms with Gasteiger partial charge in [-0.3, -0.25) is 4.79 Å². The molecule has 0 aromatic rings. The lowest BCUT2D eigenvalue weighted by Crippen LogP contribution is -2.47. The number of hydrogen-bond donors (Lipinski definition) is 0. The normalized spacial score (nSPS) is 32.4. The van der Waals surface area contributed by atoms with Gasteiger partial charge >= 0.3 is 5.97 Å². The van der Waals surface area contributed by atoms with Gasteiger partial charge in [0, 0.05) is 44.4 Å². The van der Waals surface area contributed by atoms with Crippen LogP contribution in [0.15, 0.2) is 46.8 Å². The van der Waals surface area contributed by atoms with Crippen LogP contribution < -0.4 is 0 Å². The average molecular weight is 637 g/mol. The van der Waals surface area contributed by atoms with Gasteiger partial charge in [0.15, 0.2) is 0 Å². The van der Waals surface area contributed by atoms with Gasteiger partial charge in [0.05, 0.1) is 18.6 Å². The Morgan fingerprint density at radius 3 is 2.19 bits per heavy atom. The largest absolute Gasteiger partial charge is 0.487 e. The monoisotopic (exact) mass is 636 g/mol. The quantitative estimate of drug-likeness (QED) is 0.284. The highest BCUT2D eigenvalue weighted by Crippen LogP contribution is 2.55. The van der Waals surface area contributed by atoms with Gasteiger partial charge in [-0.1, -0.05) is 50.5 Å². The molecular weight excluding hydrogens is 588 g/mol. The second-order valence-electron chi connectivity index (χ2n) is 13.2. The first-order valence-electron chi connectivity index (χ1n) is 15.9. The number of carbonyl (C=O) groups is 1. The molecule has 0 bridgehead atoms. The van der Waals surface area contributed by atoms with Crippen molar-refractivity contribution in [1.29, 1.82) is 0 Å². The van der Waals surface area contributed by atoms with Crippen LogP contribution in [0.1, 0.15) is 72.6 Å². The van der Waals surface area contributed by atoms with Crippen molar-refractivity contribution in [3.05, 3.63) is 46.8 Å². The van der Waals surface area contributed by atoms with Crippen LogP contribution in [-0.4, -0.2) is 81.3 Å². The van der Waals surface area contributed by atoms with E-state index in [4.69, 9.17) is 9.47 Å². The van der Waals surface area contributed by atoms with Crippen molar-refractivity contribution in [3.63, 3.8) is 0 Å². The molecule has 3 aliphatic heterocycles. The summed E-state index contributed by atoms with van der Waals surface area (Å²) in [7, 11) is -6.24. The lowest BCUT2D eigenvalue weighted by atomic mass is 9.71. The minimum absolute atomic E-state index is 0.0601. The van der Waals surface area contributed by atoms with E-state index < -0.39 is 48.7 Å². The highest BCUT2D eigenvalue weighted by atomic mass is 32.2. The smallest absolute Gasteiger partial charge is 0.314 e. The summed E-state index contributed by atoms with van der Waals surface area (Å²) in [6.07, 6.45) is 13.3. The predicted molar refractivity (Wildman–Crippen MR) is 167 cm³/mol. The molecule has 43 heavy (non-hydrogen) atoms. The summed E-state index contributed by atoms with van der Waals surface area (Å²) in [5, 5.41) is -1.18. The molecule has 0 aromatic carbocycles. The first kappa shape index (κ1) is 32.4. The van der Waals surface area contributed by atoms with E-state index in [1.807, 2.05) is 19.9 Å². The Morgan fingerprint density at radius 1 is 1.00 bits per heavy atom. The number of ether oxygens (including phenoxy) is 2. The highest BCUT2D eigenvalue weighted by molar-refractivity contribution is 7.90. The highest BCUT2D eigenvalue weighted by Gasteiger charge is 2.57. The molecule has 2 fully saturated rings. The standard InChI is InChI=1S/C32H48N2O7S2/c1-22(2)24-12-14-32(4)30-25(21-24)23(3)20-27(43(38,39)34-17-10-7-11-18-34)29(31(35)40-5)28(30)26(41-32)13-19-42(36,37)33-15-8-6-9-16-33/h12,14,20-22,25,27,29-30H,6-11,13,15-19H2,1-5H3/t25?,27-,29+,30?,32?/m0/s1. The number of sulfonamides is 2. The van der Waals surface area contributed by atoms with Gasteiger partial charge in [-0.05, 0) is 62.7 Å². The minimum Gasteiger partial charge on any atom is -0.487 e. The lowest BCUT2D eigenvalue weighted by Gasteiger charge is -2.34. The number of rotatable bonds is 8. The van der Waals surface area contributed by atoms with Gasteiger partial charge in [-0.25, -0.2) is 25.4 Å². The molecule has 9 nitrogen and oxygen atoms in total. The van der Waals surface area contributed by atoms with Gasteiger partial charge in [0.25, 0.3) is 0 Å². The van der Waals surface area contributed by atoms with E-state index in [-0.39, 0.29) is 24.0 Å². The summed E-state index contributed by atoms with van der Waals surface area (Å²) < 4.78 is 70.7. The van der Waals surface area contributed by atoms with E-state index in [1.165, 1.54) is 11.4 Å². The van der Waals surface area contributed by atoms with Gasteiger partial charge in [0.1, 0.15) is 16.8 Å². The Morgan fingerprint density at radius 2 is 1.60 bits per heavy atom. The zero-order valence-electron chi connectivity index (χ0n) is 26.3. The van der Waals surface area contributed by atoms with E-state index >= 15 is 0 Å². The minimum atomic E-state index is -3.95. The third kappa shape index (κ3) is 6.16. The van der Waals surface area contributed by atoms with E-state index in [0.29, 0.717) is 37.5 Å². The first-order chi connectivity index (χ1) is 20.3. The average Bonchev–Trinajstić information content (AvgIpc) is 3.09. The van der Waals surface area contributed by atoms with Crippen LogP contribution in [0.4, 0.5) is 0 Å². The second kappa shape index (κ2) is 12.4. The fourth-order valence-electron chi connectivity index (χ4n) is 7.59. The van der Waals surface area contributed by atoms with Gasteiger partial charge < -0.3 is 9.47 Å². The zero-order valence-corrected chi connectivity index (χ0v) is 27.9. The lowest BCUT2D eigenvalue weighted by molar-refractivity contribution is -0.144. The molecule has 0 aromatic heterocycles. The molecule has 0 spiro atoms. The molecule has 3 heterocycles. The second-order valence-corrected chi connectivity index (χ2v) is 17.4.